The summed E-state index contributed by atoms with van der Waals surface area (Å²) in [6.45, 7) is 0. The lowest BCUT2D eigenvalue weighted by molar-refractivity contribution is -0.115. The molecule has 2 aromatic carbocycles. The number of anilines is 4. The minimum atomic E-state index is -0.195. The summed E-state index contributed by atoms with van der Waals surface area (Å²) >= 11 is 2.67. The molecule has 0 aliphatic carbocycles. The van der Waals surface area contributed by atoms with Crippen molar-refractivity contribution < 1.29 is 9.59 Å². The van der Waals surface area contributed by atoms with Gasteiger partial charge in [-0.15, -0.1) is 22.7 Å². The zero-order chi connectivity index (χ0) is 20.8. The molecule has 0 aliphatic heterocycles. The number of carbonyl (C=O) groups excluding carboxylic acids is 2. The van der Waals surface area contributed by atoms with Gasteiger partial charge in [0.05, 0.1) is 17.0 Å². The van der Waals surface area contributed by atoms with Crippen LogP contribution in [0.3, 0.4) is 0 Å². The van der Waals surface area contributed by atoms with E-state index in [0.717, 1.165) is 11.4 Å². The molecule has 0 fully saturated rings. The number of nitrogens with one attached hydrogen (secondary N) is 3. The number of rotatable bonds is 7. The third-order valence-electron chi connectivity index (χ3n) is 4.09. The molecule has 0 bridgehead atoms. The molecule has 4 aromatic rings. The maximum absolute atomic E-state index is 12.3. The summed E-state index contributed by atoms with van der Waals surface area (Å²) in [6.07, 6.45) is 0.134. The van der Waals surface area contributed by atoms with Crippen LogP contribution in [0.4, 0.5) is 22.2 Å². The largest absolute Gasteiger partial charge is 0.356 e. The average molecular weight is 435 g/mol. The molecule has 0 saturated heterocycles. The smallest absolute Gasteiger partial charge is 0.267 e. The van der Waals surface area contributed by atoms with Crippen molar-refractivity contribution in [1.82, 2.24) is 4.98 Å². The number of hydrogen-bond donors (Lipinski definition) is 3. The van der Waals surface area contributed by atoms with Gasteiger partial charge in [-0.3, -0.25) is 14.9 Å². The van der Waals surface area contributed by atoms with E-state index in [2.05, 4.69) is 20.9 Å². The molecule has 0 atom stereocenters. The monoisotopic (exact) mass is 434 g/mol. The summed E-state index contributed by atoms with van der Waals surface area (Å²) < 4.78 is 0. The summed E-state index contributed by atoms with van der Waals surface area (Å²) in [6, 6.07) is 20.9. The first-order valence-corrected chi connectivity index (χ1v) is 10.9. The highest BCUT2D eigenvalue weighted by Crippen LogP contribution is 2.20. The fourth-order valence-corrected chi connectivity index (χ4v) is 4.03. The first-order chi connectivity index (χ1) is 14.7. The van der Waals surface area contributed by atoms with Crippen molar-refractivity contribution in [2.45, 2.75) is 6.42 Å². The fourth-order valence-electron chi connectivity index (χ4n) is 2.71. The van der Waals surface area contributed by atoms with Gasteiger partial charge in [-0.05, 0) is 47.8 Å². The number of thiazole rings is 1. The first kappa shape index (κ1) is 19.8. The van der Waals surface area contributed by atoms with Crippen LogP contribution in [0, 0.1) is 0 Å². The van der Waals surface area contributed by atoms with E-state index in [1.165, 1.54) is 22.7 Å². The molecule has 2 heterocycles. The predicted octanol–water partition coefficient (Wildman–Crippen LogP) is 5.38. The van der Waals surface area contributed by atoms with Gasteiger partial charge < -0.3 is 10.6 Å². The van der Waals surface area contributed by atoms with Gasteiger partial charge in [-0.2, -0.15) is 0 Å². The molecule has 0 radical (unpaired) electrons. The Bertz CT molecular complexity index is 1120. The minimum Gasteiger partial charge on any atom is -0.356 e. The zero-order valence-electron chi connectivity index (χ0n) is 15.8. The van der Waals surface area contributed by atoms with Crippen molar-refractivity contribution >= 4 is 56.7 Å². The van der Waals surface area contributed by atoms with Crippen LogP contribution in [0.15, 0.2) is 77.5 Å². The first-order valence-electron chi connectivity index (χ1n) is 9.17. The highest BCUT2D eigenvalue weighted by atomic mass is 32.1. The van der Waals surface area contributed by atoms with E-state index in [1.807, 2.05) is 66.0 Å². The van der Waals surface area contributed by atoms with E-state index in [0.29, 0.717) is 21.4 Å². The number of hydrogen-bond acceptors (Lipinski definition) is 6. The molecule has 30 heavy (non-hydrogen) atoms. The van der Waals surface area contributed by atoms with Gasteiger partial charge in [0.15, 0.2) is 5.13 Å². The standard InChI is InChI=1S/C22H18N4O2S2/c27-20(13-18-14-30-22(25-18)26-21(28)19-7-4-12-29-19)24-17-10-8-16(9-11-17)23-15-5-2-1-3-6-15/h1-12,14,23H,13H2,(H,24,27)(H,25,26,28). The molecule has 150 valence electrons. The molecule has 3 N–H and O–H groups in total. The molecule has 4 rings (SSSR count). The number of thiophene rings is 1. The molecule has 6 nitrogen and oxygen atoms in total. The van der Waals surface area contributed by atoms with E-state index in [9.17, 15) is 9.59 Å². The highest BCUT2D eigenvalue weighted by molar-refractivity contribution is 7.14. The van der Waals surface area contributed by atoms with Gasteiger partial charge in [0.25, 0.3) is 5.91 Å². The van der Waals surface area contributed by atoms with Gasteiger partial charge >= 0.3 is 0 Å². The SMILES string of the molecule is O=C(Cc1csc(NC(=O)c2cccs2)n1)Nc1ccc(Nc2ccccc2)cc1. The third kappa shape index (κ3) is 5.31. The second-order valence-electron chi connectivity index (χ2n) is 6.37. The maximum atomic E-state index is 12.3. The lowest BCUT2D eigenvalue weighted by Crippen LogP contribution is -2.15. The van der Waals surface area contributed by atoms with Crippen molar-refractivity contribution in [3.63, 3.8) is 0 Å². The normalized spacial score (nSPS) is 10.4. The number of carbonyl (C=O) groups is 2. The summed E-state index contributed by atoms with van der Waals surface area (Å²) in [5, 5.41) is 13.0. The quantitative estimate of drug-likeness (QED) is 0.365. The van der Waals surface area contributed by atoms with Crippen molar-refractivity contribution in [2.75, 3.05) is 16.0 Å². The molecule has 0 saturated carbocycles. The average Bonchev–Trinajstić information content (AvgIpc) is 3.43. The van der Waals surface area contributed by atoms with Crippen LogP contribution in [-0.4, -0.2) is 16.8 Å². The Hall–Kier alpha value is -3.49. The summed E-state index contributed by atoms with van der Waals surface area (Å²) in [4.78, 5) is 29.3. The molecular weight excluding hydrogens is 416 g/mol. The number of para-hydroxylation sites is 1. The Morgan fingerprint density at radius 3 is 2.27 bits per heavy atom. The maximum Gasteiger partial charge on any atom is 0.267 e. The Morgan fingerprint density at radius 2 is 1.53 bits per heavy atom. The van der Waals surface area contributed by atoms with Crippen molar-refractivity contribution in [3.05, 3.63) is 88.1 Å². The summed E-state index contributed by atoms with van der Waals surface area (Å²) in [7, 11) is 0. The van der Waals surface area contributed by atoms with Gasteiger partial charge in [0.2, 0.25) is 5.91 Å². The van der Waals surface area contributed by atoms with Crippen molar-refractivity contribution in [2.24, 2.45) is 0 Å². The number of nitrogens with zero attached hydrogens (tertiary/aromatic N) is 1. The van der Waals surface area contributed by atoms with Gasteiger partial charge in [0, 0.05) is 22.4 Å². The zero-order valence-corrected chi connectivity index (χ0v) is 17.4. The van der Waals surface area contributed by atoms with Crippen LogP contribution >= 0.6 is 22.7 Å². The highest BCUT2D eigenvalue weighted by Gasteiger charge is 2.12. The van der Waals surface area contributed by atoms with E-state index >= 15 is 0 Å². The topological polar surface area (TPSA) is 83.1 Å². The van der Waals surface area contributed by atoms with Gasteiger partial charge in [-0.25, -0.2) is 4.98 Å². The van der Waals surface area contributed by atoms with Crippen LogP contribution in [0.5, 0.6) is 0 Å². The number of amides is 2. The molecule has 2 aromatic heterocycles. The molecular formula is C22H18N4O2S2. The van der Waals surface area contributed by atoms with Crippen molar-refractivity contribution in [1.29, 1.82) is 0 Å². The van der Waals surface area contributed by atoms with Crippen LogP contribution in [0.1, 0.15) is 15.4 Å². The second kappa shape index (κ2) is 9.34. The van der Waals surface area contributed by atoms with Crippen LogP contribution in [0.2, 0.25) is 0 Å². The van der Waals surface area contributed by atoms with E-state index in [-0.39, 0.29) is 18.2 Å². The van der Waals surface area contributed by atoms with Gasteiger partial charge in [0.1, 0.15) is 0 Å². The second-order valence-corrected chi connectivity index (χ2v) is 8.17. The van der Waals surface area contributed by atoms with Crippen LogP contribution in [-0.2, 0) is 11.2 Å². The van der Waals surface area contributed by atoms with Crippen LogP contribution in [0.25, 0.3) is 0 Å². The molecule has 0 unspecified atom stereocenters. The predicted molar refractivity (Wildman–Crippen MR) is 123 cm³/mol. The van der Waals surface area contributed by atoms with Crippen molar-refractivity contribution in [3.8, 4) is 0 Å². The molecule has 8 heteroatoms. The number of benzene rings is 2. The Morgan fingerprint density at radius 1 is 0.800 bits per heavy atom. The Kier molecular flexibility index (Phi) is 6.17. The molecule has 0 spiro atoms. The molecule has 0 aliphatic rings. The Labute approximate surface area is 181 Å². The Balaban J connectivity index is 1.29. The van der Waals surface area contributed by atoms with E-state index < -0.39 is 0 Å². The number of aromatic nitrogens is 1. The van der Waals surface area contributed by atoms with E-state index in [4.69, 9.17) is 0 Å². The molecule has 2 amide bonds. The lowest BCUT2D eigenvalue weighted by Gasteiger charge is -2.08. The van der Waals surface area contributed by atoms with Crippen LogP contribution < -0.4 is 16.0 Å². The third-order valence-corrected chi connectivity index (χ3v) is 5.77. The fraction of sp³-hybridized carbons (Fsp3) is 0.0455. The lowest BCUT2D eigenvalue weighted by atomic mass is 10.2. The summed E-state index contributed by atoms with van der Waals surface area (Å²) in [5.41, 5.74) is 3.26. The summed E-state index contributed by atoms with van der Waals surface area (Å²) in [5.74, 6) is -0.361. The minimum absolute atomic E-state index is 0.134. The van der Waals surface area contributed by atoms with Gasteiger partial charge in [-0.1, -0.05) is 24.3 Å². The van der Waals surface area contributed by atoms with E-state index in [1.54, 1.807) is 11.4 Å².